The minimum atomic E-state index is -2.59. The van der Waals surface area contributed by atoms with Crippen LogP contribution in [0.25, 0.3) is 0 Å². The largest absolute Gasteiger partial charge is 0.459 e. The molecule has 2 fully saturated rings. The summed E-state index contributed by atoms with van der Waals surface area (Å²) in [5.41, 5.74) is -6.17. The van der Waals surface area contributed by atoms with Gasteiger partial charge in [0.2, 0.25) is 0 Å². The van der Waals surface area contributed by atoms with E-state index < -0.39 is 89.3 Å². The molecule has 3 aliphatic rings. The van der Waals surface area contributed by atoms with E-state index in [1.807, 2.05) is 0 Å². The molecule has 0 spiro atoms. The zero-order valence-corrected chi connectivity index (χ0v) is 29.3. The molecule has 1 aliphatic heterocycles. The van der Waals surface area contributed by atoms with Gasteiger partial charge in [-0.05, 0) is 64.5 Å². The van der Waals surface area contributed by atoms with Crippen LogP contribution < -0.4 is 0 Å². The molecule has 264 valence electrons. The molecule has 0 aromatic rings. The number of ether oxygens (including phenoxy) is 5. The summed E-state index contributed by atoms with van der Waals surface area (Å²) in [6.07, 6.45) is -1.95. The van der Waals surface area contributed by atoms with Gasteiger partial charge in [0.05, 0.1) is 11.8 Å². The van der Waals surface area contributed by atoms with Gasteiger partial charge in [-0.25, -0.2) is 9.59 Å². The Bertz CT molecular complexity index is 1310. The highest BCUT2D eigenvalue weighted by molar-refractivity contribution is 5.88. The zero-order chi connectivity index (χ0) is 35.6. The number of aliphatic hydroxyl groups is 2. The molecule has 47 heavy (non-hydrogen) atoms. The van der Waals surface area contributed by atoms with E-state index >= 15 is 0 Å². The van der Waals surface area contributed by atoms with Crippen LogP contribution in [0.1, 0.15) is 108 Å². The molecule has 0 aromatic heterocycles. The monoisotopic (exact) mass is 664 g/mol. The minimum absolute atomic E-state index is 0.0648. The maximum Gasteiger partial charge on any atom is 0.341 e. The Morgan fingerprint density at radius 2 is 1.68 bits per heavy atom. The van der Waals surface area contributed by atoms with Crippen LogP contribution in [0, 0.1) is 17.8 Å². The van der Waals surface area contributed by atoms with Crippen LogP contribution in [0.2, 0.25) is 0 Å². The number of esters is 5. The molecule has 12 heteroatoms. The number of allylic oxidation sites excluding steroid dienone is 1. The molecule has 1 saturated heterocycles. The molecule has 0 radical (unpaired) electrons. The van der Waals surface area contributed by atoms with E-state index in [-0.39, 0.29) is 23.1 Å². The Morgan fingerprint density at radius 1 is 1.04 bits per heavy atom. The van der Waals surface area contributed by atoms with Crippen molar-refractivity contribution in [2.45, 2.75) is 149 Å². The fourth-order valence-electron chi connectivity index (χ4n) is 6.85. The number of unbranched alkanes of at least 4 members (excludes halogenated alkanes) is 1. The van der Waals surface area contributed by atoms with Crippen molar-refractivity contribution in [3.63, 3.8) is 0 Å². The van der Waals surface area contributed by atoms with Crippen LogP contribution in [-0.2, 0) is 47.7 Å². The summed E-state index contributed by atoms with van der Waals surface area (Å²) < 4.78 is 29.5. The summed E-state index contributed by atoms with van der Waals surface area (Å²) in [4.78, 5) is 65.6. The SMILES string of the molecule is C/C=C(/C)C(=O)O[C@@H]1C(C)=C2[C@H]3OC(=O)[C@](C)(O)[C@]3(O)[C@H](OC(=O)[C@H](C)CC)C[C@@](C)(OC(C)=O)[C@@H]2[C@H]1OC(=O)CCCCC(C)C. The fourth-order valence-corrected chi connectivity index (χ4v) is 6.85. The van der Waals surface area contributed by atoms with Crippen molar-refractivity contribution in [2.24, 2.45) is 17.8 Å². The van der Waals surface area contributed by atoms with Gasteiger partial charge in [-0.3, -0.25) is 14.4 Å². The van der Waals surface area contributed by atoms with Gasteiger partial charge in [-0.15, -0.1) is 0 Å². The van der Waals surface area contributed by atoms with Gasteiger partial charge < -0.3 is 33.9 Å². The van der Waals surface area contributed by atoms with E-state index in [9.17, 15) is 34.2 Å². The Kier molecular flexibility index (Phi) is 11.8. The lowest BCUT2D eigenvalue weighted by Gasteiger charge is -2.42. The highest BCUT2D eigenvalue weighted by Crippen LogP contribution is 2.57. The molecule has 0 aromatic carbocycles. The second-order valence-corrected chi connectivity index (χ2v) is 14.0. The van der Waals surface area contributed by atoms with Gasteiger partial charge in [0.25, 0.3) is 0 Å². The molecule has 2 N–H and O–H groups in total. The molecule has 0 unspecified atom stereocenters. The van der Waals surface area contributed by atoms with Gasteiger partial charge in [0.1, 0.15) is 11.7 Å². The van der Waals surface area contributed by atoms with Crippen LogP contribution in [0.15, 0.2) is 22.8 Å². The number of carbonyl (C=O) groups is 5. The van der Waals surface area contributed by atoms with E-state index in [1.54, 1.807) is 40.7 Å². The topological polar surface area (TPSA) is 172 Å². The Hall–Kier alpha value is -3.25. The Labute approximate surface area is 277 Å². The molecular formula is C35H52O12. The summed E-state index contributed by atoms with van der Waals surface area (Å²) >= 11 is 0. The molecule has 1 saturated carbocycles. The van der Waals surface area contributed by atoms with Crippen molar-refractivity contribution < 1.29 is 57.9 Å². The quantitative estimate of drug-likeness (QED) is 0.101. The molecule has 3 rings (SSSR count). The first kappa shape index (κ1) is 38.2. The first-order valence-corrected chi connectivity index (χ1v) is 16.6. The first-order chi connectivity index (χ1) is 21.8. The molecule has 0 amide bonds. The number of hydrogen-bond donors (Lipinski definition) is 2. The number of fused-ring (bicyclic) bond motifs is 3. The third kappa shape index (κ3) is 7.28. The molecule has 0 bridgehead atoms. The number of hydrogen-bond acceptors (Lipinski definition) is 12. The van der Waals surface area contributed by atoms with Gasteiger partial charge >= 0.3 is 29.8 Å². The molecule has 12 nitrogen and oxygen atoms in total. The van der Waals surface area contributed by atoms with Crippen LogP contribution in [0.3, 0.4) is 0 Å². The first-order valence-electron chi connectivity index (χ1n) is 16.6. The second-order valence-electron chi connectivity index (χ2n) is 14.0. The summed E-state index contributed by atoms with van der Waals surface area (Å²) in [5.74, 6) is -5.20. The average Bonchev–Trinajstić information content (AvgIpc) is 3.32. The lowest BCUT2D eigenvalue weighted by Crippen LogP contribution is -2.64. The molecular weight excluding hydrogens is 612 g/mol. The third-order valence-electron chi connectivity index (χ3n) is 9.99. The van der Waals surface area contributed by atoms with Crippen molar-refractivity contribution >= 4 is 29.8 Å². The van der Waals surface area contributed by atoms with Gasteiger partial charge in [-0.2, -0.15) is 0 Å². The van der Waals surface area contributed by atoms with Gasteiger partial charge in [0, 0.05) is 25.3 Å². The summed E-state index contributed by atoms with van der Waals surface area (Å²) in [6.45, 7) is 16.1. The smallest absolute Gasteiger partial charge is 0.341 e. The van der Waals surface area contributed by atoms with E-state index in [4.69, 9.17) is 23.7 Å². The van der Waals surface area contributed by atoms with Crippen LogP contribution in [-0.4, -0.2) is 81.3 Å². The standard InChI is InChI=1S/C35H52O12/c1-11-19(5)30(38)43-23-17-33(9,47-22(8)36)26-25(29-35(23,42)34(10,41)32(40)46-29)21(7)27(45-31(39)20(6)12-2)28(26)44-24(37)16-14-13-15-18(3)4/h12,18-19,23,26-29,41-42H,11,13-17H2,1-10H3/b20-12-/t19-,23-,26+,27-,28-,29-,33-,34+,35+/m1/s1. The lowest BCUT2D eigenvalue weighted by atomic mass is 9.75. The van der Waals surface area contributed by atoms with Gasteiger partial charge in [0.15, 0.2) is 29.5 Å². The Balaban J connectivity index is 2.25. The van der Waals surface area contributed by atoms with Crippen LogP contribution in [0.5, 0.6) is 0 Å². The van der Waals surface area contributed by atoms with Crippen molar-refractivity contribution in [1.82, 2.24) is 0 Å². The fraction of sp³-hybridized carbons (Fsp3) is 0.743. The number of rotatable bonds is 12. The van der Waals surface area contributed by atoms with E-state index in [0.29, 0.717) is 18.8 Å². The van der Waals surface area contributed by atoms with Crippen molar-refractivity contribution in [2.75, 3.05) is 0 Å². The third-order valence-corrected chi connectivity index (χ3v) is 9.99. The zero-order valence-electron chi connectivity index (χ0n) is 29.3. The minimum Gasteiger partial charge on any atom is -0.459 e. The van der Waals surface area contributed by atoms with Crippen molar-refractivity contribution in [3.8, 4) is 0 Å². The van der Waals surface area contributed by atoms with E-state index in [2.05, 4.69) is 13.8 Å². The Morgan fingerprint density at radius 3 is 2.23 bits per heavy atom. The maximum atomic E-state index is 13.4. The maximum absolute atomic E-state index is 13.4. The summed E-state index contributed by atoms with van der Waals surface area (Å²) in [6, 6.07) is 0. The lowest BCUT2D eigenvalue weighted by molar-refractivity contribution is -0.214. The van der Waals surface area contributed by atoms with E-state index in [0.717, 1.165) is 19.8 Å². The average molecular weight is 665 g/mol. The summed E-state index contributed by atoms with van der Waals surface area (Å²) in [7, 11) is 0. The highest BCUT2D eigenvalue weighted by Gasteiger charge is 2.76. The highest BCUT2D eigenvalue weighted by atomic mass is 16.6. The van der Waals surface area contributed by atoms with Crippen molar-refractivity contribution in [1.29, 1.82) is 0 Å². The van der Waals surface area contributed by atoms with E-state index in [1.165, 1.54) is 13.8 Å². The second kappa shape index (κ2) is 14.5. The predicted molar refractivity (Wildman–Crippen MR) is 168 cm³/mol. The predicted octanol–water partition coefficient (Wildman–Crippen LogP) is 4.03. The van der Waals surface area contributed by atoms with Crippen LogP contribution >= 0.6 is 0 Å². The molecule has 1 heterocycles. The van der Waals surface area contributed by atoms with Crippen LogP contribution in [0.4, 0.5) is 0 Å². The van der Waals surface area contributed by atoms with Crippen molar-refractivity contribution in [3.05, 3.63) is 22.8 Å². The molecule has 2 aliphatic carbocycles. The summed E-state index contributed by atoms with van der Waals surface area (Å²) in [5, 5.41) is 24.0. The number of carbonyl (C=O) groups excluding carboxylic acids is 5. The molecule has 9 atom stereocenters. The normalized spacial score (nSPS) is 34.2. The van der Waals surface area contributed by atoms with Gasteiger partial charge in [-0.1, -0.05) is 46.6 Å².